The lowest BCUT2D eigenvalue weighted by Gasteiger charge is -2.25. The molecule has 0 radical (unpaired) electrons. The number of thiazole rings is 1. The topological polar surface area (TPSA) is 62.3 Å². The summed E-state index contributed by atoms with van der Waals surface area (Å²) < 4.78 is 27.2. The number of hydrogen-bond donors (Lipinski definition) is 1. The van der Waals surface area contributed by atoms with Crippen LogP contribution in [0.3, 0.4) is 0 Å². The van der Waals surface area contributed by atoms with Gasteiger partial charge in [-0.2, -0.15) is 0 Å². The van der Waals surface area contributed by atoms with E-state index < -0.39 is 10.0 Å². The SMILES string of the molecule is Cc1ccccc1CS(=O)(=O)NCCc1csc(N2CCCCC2)n1. The largest absolute Gasteiger partial charge is 0.348 e. The minimum atomic E-state index is -3.33. The molecule has 2 aromatic rings. The zero-order valence-corrected chi connectivity index (χ0v) is 16.2. The highest BCUT2D eigenvalue weighted by molar-refractivity contribution is 7.88. The Morgan fingerprint density at radius 1 is 1.20 bits per heavy atom. The molecule has 25 heavy (non-hydrogen) atoms. The van der Waals surface area contributed by atoms with Crippen molar-refractivity contribution in [2.75, 3.05) is 24.5 Å². The van der Waals surface area contributed by atoms with Crippen LogP contribution in [0.1, 0.15) is 36.1 Å². The first-order valence-electron chi connectivity index (χ1n) is 8.75. The number of hydrogen-bond acceptors (Lipinski definition) is 5. The lowest BCUT2D eigenvalue weighted by atomic mass is 10.1. The predicted octanol–water partition coefficient (Wildman–Crippen LogP) is 3.10. The summed E-state index contributed by atoms with van der Waals surface area (Å²) in [6, 6.07) is 7.58. The third-order valence-electron chi connectivity index (χ3n) is 4.48. The van der Waals surface area contributed by atoms with Gasteiger partial charge >= 0.3 is 0 Å². The number of aromatic nitrogens is 1. The maximum Gasteiger partial charge on any atom is 0.215 e. The molecule has 0 aliphatic carbocycles. The number of nitrogens with zero attached hydrogens (tertiary/aromatic N) is 2. The van der Waals surface area contributed by atoms with Gasteiger partial charge in [0.2, 0.25) is 10.0 Å². The molecule has 7 heteroatoms. The van der Waals surface area contributed by atoms with Crippen LogP contribution in [0, 0.1) is 6.92 Å². The van der Waals surface area contributed by atoms with Gasteiger partial charge in [0.05, 0.1) is 11.4 Å². The van der Waals surface area contributed by atoms with Crippen molar-refractivity contribution in [3.05, 3.63) is 46.5 Å². The van der Waals surface area contributed by atoms with Crippen molar-refractivity contribution in [1.29, 1.82) is 0 Å². The molecule has 0 spiro atoms. The summed E-state index contributed by atoms with van der Waals surface area (Å²) in [5.74, 6) is 0.0236. The molecular weight excluding hydrogens is 354 g/mol. The Morgan fingerprint density at radius 2 is 1.96 bits per heavy atom. The lowest BCUT2D eigenvalue weighted by Crippen LogP contribution is -2.29. The van der Waals surface area contributed by atoms with Gasteiger partial charge in [-0.1, -0.05) is 24.3 Å². The molecule has 5 nitrogen and oxygen atoms in total. The van der Waals surface area contributed by atoms with Gasteiger partial charge in [-0.25, -0.2) is 18.1 Å². The van der Waals surface area contributed by atoms with Gasteiger partial charge in [-0.05, 0) is 37.3 Å². The molecule has 1 N–H and O–H groups in total. The standard InChI is InChI=1S/C18H25N3O2S2/c1-15-7-3-4-8-16(15)14-25(22,23)19-10-9-17-13-24-18(20-17)21-11-5-2-6-12-21/h3-4,7-8,13,19H,2,5-6,9-12,14H2,1H3. The Bertz CT molecular complexity index is 796. The van der Waals surface area contributed by atoms with Crippen LogP contribution in [0.25, 0.3) is 0 Å². The molecule has 0 amide bonds. The monoisotopic (exact) mass is 379 g/mol. The van der Waals surface area contributed by atoms with Crippen LogP contribution in [-0.2, 0) is 22.2 Å². The highest BCUT2D eigenvalue weighted by Gasteiger charge is 2.15. The van der Waals surface area contributed by atoms with Gasteiger partial charge in [0, 0.05) is 31.4 Å². The number of aryl methyl sites for hydroxylation is 1. The van der Waals surface area contributed by atoms with Crippen molar-refractivity contribution in [1.82, 2.24) is 9.71 Å². The third-order valence-corrected chi connectivity index (χ3v) is 6.76. The fourth-order valence-electron chi connectivity index (χ4n) is 3.00. The second kappa shape index (κ2) is 8.29. The van der Waals surface area contributed by atoms with E-state index in [4.69, 9.17) is 0 Å². The number of sulfonamides is 1. The first-order valence-corrected chi connectivity index (χ1v) is 11.3. The summed E-state index contributed by atoms with van der Waals surface area (Å²) in [7, 11) is -3.33. The first-order chi connectivity index (χ1) is 12.0. The second-order valence-electron chi connectivity index (χ2n) is 6.50. The normalized spacial score (nSPS) is 15.5. The quantitative estimate of drug-likeness (QED) is 0.803. The molecular formula is C18H25N3O2S2. The average molecular weight is 380 g/mol. The van der Waals surface area contributed by atoms with E-state index in [2.05, 4.69) is 14.6 Å². The molecule has 1 aromatic heterocycles. The summed E-state index contributed by atoms with van der Waals surface area (Å²) in [6.07, 6.45) is 4.38. The van der Waals surface area contributed by atoms with Crippen molar-refractivity contribution in [3.63, 3.8) is 0 Å². The Morgan fingerprint density at radius 3 is 2.72 bits per heavy atom. The maximum atomic E-state index is 12.3. The molecule has 3 rings (SSSR count). The van der Waals surface area contributed by atoms with E-state index in [1.165, 1.54) is 19.3 Å². The molecule has 1 aliphatic heterocycles. The molecule has 0 bridgehead atoms. The van der Waals surface area contributed by atoms with Crippen LogP contribution in [0.15, 0.2) is 29.6 Å². The molecule has 0 saturated carbocycles. The summed E-state index contributed by atoms with van der Waals surface area (Å²) in [5, 5.41) is 3.11. The number of anilines is 1. The Labute approximate surface area is 154 Å². The Balaban J connectivity index is 1.50. The lowest BCUT2D eigenvalue weighted by molar-refractivity contribution is 0.575. The van der Waals surface area contributed by atoms with Crippen LogP contribution in [-0.4, -0.2) is 33.0 Å². The Hall–Kier alpha value is -1.44. The number of rotatable bonds is 7. The molecule has 1 saturated heterocycles. The van der Waals surface area contributed by atoms with Crippen LogP contribution >= 0.6 is 11.3 Å². The summed E-state index contributed by atoms with van der Waals surface area (Å²) in [4.78, 5) is 6.99. The molecule has 1 fully saturated rings. The molecule has 0 atom stereocenters. The van der Waals surface area contributed by atoms with Gasteiger partial charge in [-0.3, -0.25) is 0 Å². The zero-order valence-electron chi connectivity index (χ0n) is 14.6. The van der Waals surface area contributed by atoms with Gasteiger partial charge < -0.3 is 4.90 Å². The highest BCUT2D eigenvalue weighted by atomic mass is 32.2. The Kier molecular flexibility index (Phi) is 6.09. The van der Waals surface area contributed by atoms with E-state index in [9.17, 15) is 8.42 Å². The van der Waals surface area contributed by atoms with E-state index in [-0.39, 0.29) is 5.75 Å². The van der Waals surface area contributed by atoms with Crippen molar-refractivity contribution < 1.29 is 8.42 Å². The predicted molar refractivity (Wildman–Crippen MR) is 104 cm³/mol. The molecule has 1 aliphatic rings. The number of benzene rings is 1. The van der Waals surface area contributed by atoms with Crippen molar-refractivity contribution >= 4 is 26.5 Å². The smallest absolute Gasteiger partial charge is 0.215 e. The highest BCUT2D eigenvalue weighted by Crippen LogP contribution is 2.24. The average Bonchev–Trinajstić information content (AvgIpc) is 3.06. The molecule has 136 valence electrons. The minimum absolute atomic E-state index is 0.0236. The fourth-order valence-corrected chi connectivity index (χ4v) is 5.17. The van der Waals surface area contributed by atoms with Crippen LogP contribution in [0.5, 0.6) is 0 Å². The van der Waals surface area contributed by atoms with E-state index in [1.54, 1.807) is 11.3 Å². The van der Waals surface area contributed by atoms with Crippen molar-refractivity contribution in [2.45, 2.75) is 38.4 Å². The molecule has 1 aromatic carbocycles. The summed E-state index contributed by atoms with van der Waals surface area (Å²) in [6.45, 7) is 4.48. The van der Waals surface area contributed by atoms with Crippen LogP contribution < -0.4 is 9.62 Å². The first kappa shape index (κ1) is 18.4. The van der Waals surface area contributed by atoms with Crippen molar-refractivity contribution in [2.24, 2.45) is 0 Å². The zero-order chi connectivity index (χ0) is 17.7. The maximum absolute atomic E-state index is 12.3. The van der Waals surface area contributed by atoms with E-state index in [0.717, 1.165) is 35.0 Å². The third kappa shape index (κ3) is 5.26. The van der Waals surface area contributed by atoms with Gasteiger partial charge in [0.1, 0.15) is 0 Å². The minimum Gasteiger partial charge on any atom is -0.348 e. The summed E-state index contributed by atoms with van der Waals surface area (Å²) >= 11 is 1.66. The van der Waals surface area contributed by atoms with Crippen LogP contribution in [0.4, 0.5) is 5.13 Å². The number of piperidine rings is 1. The second-order valence-corrected chi connectivity index (χ2v) is 9.14. The molecule has 0 unspecified atom stereocenters. The van der Waals surface area contributed by atoms with E-state index in [0.29, 0.717) is 13.0 Å². The van der Waals surface area contributed by atoms with Gasteiger partial charge in [-0.15, -0.1) is 11.3 Å². The molecule has 2 heterocycles. The van der Waals surface area contributed by atoms with E-state index >= 15 is 0 Å². The van der Waals surface area contributed by atoms with Crippen molar-refractivity contribution in [3.8, 4) is 0 Å². The van der Waals surface area contributed by atoms with Gasteiger partial charge in [0.15, 0.2) is 5.13 Å². The van der Waals surface area contributed by atoms with E-state index in [1.807, 2.05) is 36.6 Å². The fraction of sp³-hybridized carbons (Fsp3) is 0.500. The summed E-state index contributed by atoms with van der Waals surface area (Å²) in [5.41, 5.74) is 2.80. The number of nitrogens with one attached hydrogen (secondary N) is 1. The van der Waals surface area contributed by atoms with Crippen LogP contribution in [0.2, 0.25) is 0 Å². The van der Waals surface area contributed by atoms with Gasteiger partial charge in [0.25, 0.3) is 0 Å².